The van der Waals surface area contributed by atoms with Crippen LogP contribution in [0.4, 0.5) is 5.69 Å². The third kappa shape index (κ3) is 5.40. The van der Waals surface area contributed by atoms with Crippen LogP contribution in [0, 0.1) is 0 Å². The predicted octanol–water partition coefficient (Wildman–Crippen LogP) is 2.52. The Morgan fingerprint density at radius 3 is 2.44 bits per heavy atom. The van der Waals surface area contributed by atoms with Crippen molar-refractivity contribution >= 4 is 27.4 Å². The molecule has 0 aromatic heterocycles. The minimum absolute atomic E-state index is 0.0918. The number of ether oxygens (including phenoxy) is 1. The summed E-state index contributed by atoms with van der Waals surface area (Å²) in [6, 6.07) is 11.9. The Kier molecular flexibility index (Phi) is 5.60. The van der Waals surface area contributed by atoms with E-state index in [1.165, 1.54) is 23.3 Å². The van der Waals surface area contributed by atoms with Crippen molar-refractivity contribution in [2.45, 2.75) is 25.0 Å². The maximum atomic E-state index is 12.0. The zero-order valence-electron chi connectivity index (χ0n) is 15.0. The van der Waals surface area contributed by atoms with Gasteiger partial charge in [-0.2, -0.15) is 0 Å². The van der Waals surface area contributed by atoms with E-state index in [2.05, 4.69) is 5.32 Å². The second-order valence-electron chi connectivity index (χ2n) is 6.73. The van der Waals surface area contributed by atoms with Gasteiger partial charge in [0.25, 0.3) is 5.91 Å². The molecule has 2 aromatic rings. The van der Waals surface area contributed by atoms with E-state index in [1.807, 2.05) is 18.2 Å². The molecular formula is C20H21NO5S. The number of esters is 1. The number of nitrogens with one attached hydrogen (secondary N) is 1. The smallest absolute Gasteiger partial charge is 0.338 e. The molecule has 0 heterocycles. The minimum Gasteiger partial charge on any atom is -0.452 e. The first-order chi connectivity index (χ1) is 12.8. The summed E-state index contributed by atoms with van der Waals surface area (Å²) in [5, 5.41) is 2.73. The highest BCUT2D eigenvalue weighted by Crippen LogP contribution is 2.24. The molecule has 1 aliphatic rings. The van der Waals surface area contributed by atoms with Crippen molar-refractivity contribution in [3.8, 4) is 0 Å². The van der Waals surface area contributed by atoms with Gasteiger partial charge in [0.2, 0.25) is 0 Å². The van der Waals surface area contributed by atoms with Gasteiger partial charge in [-0.3, -0.25) is 4.79 Å². The van der Waals surface area contributed by atoms with Crippen LogP contribution in [-0.2, 0) is 38.0 Å². The summed E-state index contributed by atoms with van der Waals surface area (Å²) in [7, 11) is -3.13. The third-order valence-corrected chi connectivity index (χ3v) is 5.19. The van der Waals surface area contributed by atoms with Crippen LogP contribution in [0.25, 0.3) is 0 Å². The molecular weight excluding hydrogens is 366 g/mol. The Morgan fingerprint density at radius 2 is 1.74 bits per heavy atom. The summed E-state index contributed by atoms with van der Waals surface area (Å²) in [4.78, 5) is 24.0. The van der Waals surface area contributed by atoms with Crippen molar-refractivity contribution in [2.24, 2.45) is 0 Å². The van der Waals surface area contributed by atoms with E-state index in [4.69, 9.17) is 4.74 Å². The zero-order valence-corrected chi connectivity index (χ0v) is 15.8. The largest absolute Gasteiger partial charge is 0.452 e. The van der Waals surface area contributed by atoms with Crippen LogP contribution in [0.3, 0.4) is 0 Å². The van der Waals surface area contributed by atoms with E-state index < -0.39 is 21.7 Å². The Morgan fingerprint density at radius 1 is 1.04 bits per heavy atom. The van der Waals surface area contributed by atoms with Gasteiger partial charge in [-0.1, -0.05) is 18.2 Å². The predicted molar refractivity (Wildman–Crippen MR) is 102 cm³/mol. The van der Waals surface area contributed by atoms with Crippen LogP contribution in [0.5, 0.6) is 0 Å². The number of anilines is 1. The maximum Gasteiger partial charge on any atom is 0.338 e. The molecule has 1 amide bonds. The molecule has 0 fully saturated rings. The number of fused-ring (bicyclic) bond motifs is 1. The average molecular weight is 387 g/mol. The van der Waals surface area contributed by atoms with Gasteiger partial charge in [-0.05, 0) is 60.2 Å². The Bertz CT molecular complexity index is 964. The summed E-state index contributed by atoms with van der Waals surface area (Å²) >= 11 is 0. The molecule has 0 unspecified atom stereocenters. The quantitative estimate of drug-likeness (QED) is 0.770. The summed E-state index contributed by atoms with van der Waals surface area (Å²) in [5.41, 5.74) is 4.11. The molecule has 0 saturated heterocycles. The highest BCUT2D eigenvalue weighted by atomic mass is 32.2. The zero-order chi connectivity index (χ0) is 19.4. The number of benzene rings is 2. The fourth-order valence-electron chi connectivity index (χ4n) is 3.10. The highest BCUT2D eigenvalue weighted by Gasteiger charge is 2.14. The monoisotopic (exact) mass is 387 g/mol. The lowest BCUT2D eigenvalue weighted by Crippen LogP contribution is -2.21. The van der Waals surface area contributed by atoms with Crippen LogP contribution < -0.4 is 5.32 Å². The van der Waals surface area contributed by atoms with Gasteiger partial charge >= 0.3 is 5.97 Å². The lowest BCUT2D eigenvalue weighted by molar-refractivity contribution is -0.119. The number of amides is 1. The number of carbonyl (C=O) groups excluding carboxylic acids is 2. The van der Waals surface area contributed by atoms with Crippen molar-refractivity contribution in [3.63, 3.8) is 0 Å². The molecule has 142 valence electrons. The van der Waals surface area contributed by atoms with Crippen molar-refractivity contribution in [3.05, 3.63) is 64.7 Å². The molecule has 0 aliphatic heterocycles. The van der Waals surface area contributed by atoms with Crippen molar-refractivity contribution in [1.29, 1.82) is 0 Å². The Labute approximate surface area is 158 Å². The first kappa shape index (κ1) is 19.1. The third-order valence-electron chi connectivity index (χ3n) is 4.34. The average Bonchev–Trinajstić information content (AvgIpc) is 3.06. The molecule has 27 heavy (non-hydrogen) atoms. The first-order valence-electron chi connectivity index (χ1n) is 8.65. The van der Waals surface area contributed by atoms with E-state index >= 15 is 0 Å². The van der Waals surface area contributed by atoms with E-state index in [-0.39, 0.29) is 17.9 Å². The fourth-order valence-corrected chi connectivity index (χ4v) is 3.90. The second-order valence-corrected chi connectivity index (χ2v) is 8.87. The highest BCUT2D eigenvalue weighted by molar-refractivity contribution is 7.89. The summed E-state index contributed by atoms with van der Waals surface area (Å²) in [6.07, 6.45) is 4.37. The number of hydrogen-bond donors (Lipinski definition) is 1. The van der Waals surface area contributed by atoms with Gasteiger partial charge in [-0.15, -0.1) is 0 Å². The lowest BCUT2D eigenvalue weighted by Gasteiger charge is -2.08. The second kappa shape index (κ2) is 7.92. The molecule has 0 saturated carbocycles. The van der Waals surface area contributed by atoms with Crippen molar-refractivity contribution < 1.29 is 22.7 Å². The molecule has 0 bridgehead atoms. The van der Waals surface area contributed by atoms with Crippen molar-refractivity contribution in [2.75, 3.05) is 18.2 Å². The SMILES string of the molecule is CS(=O)(=O)Cc1ccc(C(=O)OCC(=O)Nc2ccc3c(c2)CCC3)cc1. The van der Waals surface area contributed by atoms with Crippen LogP contribution in [-0.4, -0.2) is 33.2 Å². The normalized spacial score (nSPS) is 13.1. The van der Waals surface area contributed by atoms with Crippen LogP contribution >= 0.6 is 0 Å². The number of rotatable bonds is 6. The van der Waals surface area contributed by atoms with Gasteiger partial charge in [0.15, 0.2) is 16.4 Å². The minimum atomic E-state index is -3.13. The molecule has 3 rings (SSSR count). The topological polar surface area (TPSA) is 89.5 Å². The molecule has 0 atom stereocenters. The van der Waals surface area contributed by atoms with E-state index in [0.717, 1.165) is 25.5 Å². The van der Waals surface area contributed by atoms with Crippen molar-refractivity contribution in [1.82, 2.24) is 0 Å². The van der Waals surface area contributed by atoms with Gasteiger partial charge in [0.05, 0.1) is 11.3 Å². The number of sulfone groups is 1. The summed E-state index contributed by atoms with van der Waals surface area (Å²) < 4.78 is 27.6. The van der Waals surface area contributed by atoms with Crippen LogP contribution in [0.1, 0.15) is 33.5 Å². The summed E-state index contributed by atoms with van der Waals surface area (Å²) in [6.45, 7) is -0.388. The van der Waals surface area contributed by atoms with Gasteiger partial charge in [0, 0.05) is 11.9 Å². The van der Waals surface area contributed by atoms with E-state index in [0.29, 0.717) is 11.3 Å². The summed E-state index contributed by atoms with van der Waals surface area (Å²) in [5.74, 6) is -1.13. The molecule has 6 nitrogen and oxygen atoms in total. The molecule has 0 spiro atoms. The number of aryl methyl sites for hydroxylation is 2. The number of carbonyl (C=O) groups is 2. The Balaban J connectivity index is 1.51. The molecule has 0 radical (unpaired) electrons. The standard InChI is InChI=1S/C20H21NO5S/c1-27(24,25)13-14-5-7-16(8-6-14)20(23)26-12-19(22)21-18-10-9-15-3-2-4-17(15)11-18/h5-11H,2-4,12-13H2,1H3,(H,21,22). The molecule has 7 heteroatoms. The molecule has 2 aromatic carbocycles. The van der Waals surface area contributed by atoms with Gasteiger partial charge < -0.3 is 10.1 Å². The number of hydrogen-bond acceptors (Lipinski definition) is 5. The van der Waals surface area contributed by atoms with Crippen LogP contribution in [0.15, 0.2) is 42.5 Å². The van der Waals surface area contributed by atoms with E-state index in [1.54, 1.807) is 12.1 Å². The van der Waals surface area contributed by atoms with Gasteiger partial charge in [0.1, 0.15) is 0 Å². The van der Waals surface area contributed by atoms with Crippen LogP contribution in [0.2, 0.25) is 0 Å². The molecule has 1 aliphatic carbocycles. The molecule has 1 N–H and O–H groups in total. The Hall–Kier alpha value is -2.67. The fraction of sp³-hybridized carbons (Fsp3) is 0.300. The van der Waals surface area contributed by atoms with E-state index in [9.17, 15) is 18.0 Å². The maximum absolute atomic E-state index is 12.0. The van der Waals surface area contributed by atoms with Gasteiger partial charge in [-0.25, -0.2) is 13.2 Å². The first-order valence-corrected chi connectivity index (χ1v) is 10.7. The lowest BCUT2D eigenvalue weighted by atomic mass is 10.1.